The largest absolute Gasteiger partial charge is 0.469 e. The highest BCUT2D eigenvalue weighted by Gasteiger charge is 2.44. The van der Waals surface area contributed by atoms with Crippen molar-refractivity contribution in [3.05, 3.63) is 16.6 Å². The molecule has 1 aromatic rings. The fourth-order valence-electron chi connectivity index (χ4n) is 1.61. The van der Waals surface area contributed by atoms with Crippen LogP contribution in [0.1, 0.15) is 25.0 Å². The molecule has 0 radical (unpaired) electrons. The lowest BCUT2D eigenvalue weighted by molar-refractivity contribution is -0.141. The number of ether oxygens (including phenoxy) is 1. The van der Waals surface area contributed by atoms with Crippen LogP contribution in [0.4, 0.5) is 0 Å². The topological polar surface area (TPSA) is 39.2 Å². The molecule has 1 aliphatic carbocycles. The van der Waals surface area contributed by atoms with E-state index >= 15 is 0 Å². The second-order valence-corrected chi connectivity index (χ2v) is 5.93. The van der Waals surface area contributed by atoms with E-state index in [0.717, 1.165) is 30.0 Å². The van der Waals surface area contributed by atoms with Crippen molar-refractivity contribution < 1.29 is 9.53 Å². The Hall–Kier alpha value is -0.550. The number of thioether (sulfide) groups is 1. The standard InChI is InChI=1S/C11H15NO2S2/c1-14-10(13)4-11(2-3-11)7-15-5-9-6-16-8-12-9/h6,8H,2-5,7H2,1H3. The van der Waals surface area contributed by atoms with Gasteiger partial charge in [-0.25, -0.2) is 4.98 Å². The highest BCUT2D eigenvalue weighted by atomic mass is 32.2. The number of rotatable bonds is 6. The second-order valence-electron chi connectivity index (χ2n) is 4.23. The summed E-state index contributed by atoms with van der Waals surface area (Å²) in [6.07, 6.45) is 2.89. The minimum absolute atomic E-state index is 0.0771. The Labute approximate surface area is 104 Å². The first-order valence-electron chi connectivity index (χ1n) is 5.26. The summed E-state index contributed by atoms with van der Waals surface area (Å²) < 4.78 is 4.72. The molecular formula is C11H15NO2S2. The summed E-state index contributed by atoms with van der Waals surface area (Å²) in [5.41, 5.74) is 3.23. The Balaban J connectivity index is 1.71. The van der Waals surface area contributed by atoms with E-state index < -0.39 is 0 Å². The Bertz CT molecular complexity index is 347. The normalized spacial score (nSPS) is 17.1. The zero-order valence-corrected chi connectivity index (χ0v) is 10.9. The lowest BCUT2D eigenvalue weighted by Crippen LogP contribution is -2.13. The van der Waals surface area contributed by atoms with Crippen LogP contribution in [0.25, 0.3) is 0 Å². The number of esters is 1. The summed E-state index contributed by atoms with van der Waals surface area (Å²) in [6, 6.07) is 0. The number of methoxy groups -OCH3 is 1. The van der Waals surface area contributed by atoms with Crippen LogP contribution in [-0.4, -0.2) is 23.8 Å². The Morgan fingerprint density at radius 1 is 1.69 bits per heavy atom. The summed E-state index contributed by atoms with van der Waals surface area (Å²) in [7, 11) is 1.46. The Morgan fingerprint density at radius 2 is 2.50 bits per heavy atom. The smallest absolute Gasteiger partial charge is 0.306 e. The fourth-order valence-corrected chi connectivity index (χ4v) is 3.56. The zero-order chi connectivity index (χ0) is 11.4. The second kappa shape index (κ2) is 5.19. The van der Waals surface area contributed by atoms with E-state index in [1.165, 1.54) is 7.11 Å². The van der Waals surface area contributed by atoms with Crippen LogP contribution in [-0.2, 0) is 15.3 Å². The number of aromatic nitrogens is 1. The van der Waals surface area contributed by atoms with Gasteiger partial charge in [-0.3, -0.25) is 4.79 Å². The lowest BCUT2D eigenvalue weighted by Gasteiger charge is -2.12. The molecule has 88 valence electrons. The first kappa shape index (κ1) is 11.9. The van der Waals surface area contributed by atoms with Gasteiger partial charge in [-0.1, -0.05) is 0 Å². The molecule has 3 nitrogen and oxygen atoms in total. The quantitative estimate of drug-likeness (QED) is 0.735. The van der Waals surface area contributed by atoms with Crippen LogP contribution in [0.2, 0.25) is 0 Å². The van der Waals surface area contributed by atoms with Crippen LogP contribution in [0.5, 0.6) is 0 Å². The van der Waals surface area contributed by atoms with Gasteiger partial charge in [0.2, 0.25) is 0 Å². The maximum atomic E-state index is 11.2. The first-order chi connectivity index (χ1) is 7.74. The summed E-state index contributed by atoms with van der Waals surface area (Å²) in [4.78, 5) is 15.5. The molecule has 1 fully saturated rings. The van der Waals surface area contributed by atoms with Crippen molar-refractivity contribution in [1.82, 2.24) is 4.98 Å². The van der Waals surface area contributed by atoms with Gasteiger partial charge in [0.15, 0.2) is 0 Å². The third-order valence-corrected chi connectivity index (χ3v) is 4.80. The van der Waals surface area contributed by atoms with Gasteiger partial charge in [0, 0.05) is 11.1 Å². The monoisotopic (exact) mass is 257 g/mol. The molecule has 0 saturated heterocycles. The van der Waals surface area contributed by atoms with Gasteiger partial charge in [-0.05, 0) is 24.0 Å². The molecule has 1 aliphatic rings. The van der Waals surface area contributed by atoms with Gasteiger partial charge in [0.1, 0.15) is 0 Å². The Morgan fingerprint density at radius 3 is 3.06 bits per heavy atom. The van der Waals surface area contributed by atoms with Crippen molar-refractivity contribution in [3.8, 4) is 0 Å². The van der Waals surface area contributed by atoms with E-state index in [0.29, 0.717) is 6.42 Å². The highest BCUT2D eigenvalue weighted by Crippen LogP contribution is 2.51. The lowest BCUT2D eigenvalue weighted by atomic mass is 10.1. The zero-order valence-electron chi connectivity index (χ0n) is 9.27. The molecule has 2 rings (SSSR count). The minimum Gasteiger partial charge on any atom is -0.469 e. The maximum absolute atomic E-state index is 11.2. The molecule has 0 N–H and O–H groups in total. The summed E-state index contributed by atoms with van der Waals surface area (Å²) >= 11 is 3.50. The number of hydrogen-bond acceptors (Lipinski definition) is 5. The molecule has 16 heavy (non-hydrogen) atoms. The van der Waals surface area contributed by atoms with Gasteiger partial charge in [0.25, 0.3) is 0 Å². The molecule has 0 atom stereocenters. The van der Waals surface area contributed by atoms with Gasteiger partial charge in [0.05, 0.1) is 24.7 Å². The molecule has 0 spiro atoms. The third-order valence-electron chi connectivity index (χ3n) is 2.85. The average Bonchev–Trinajstić information content (AvgIpc) is 2.83. The number of hydrogen-bond donors (Lipinski definition) is 0. The summed E-state index contributed by atoms with van der Waals surface area (Å²) in [5, 5.41) is 2.08. The van der Waals surface area contributed by atoms with Crippen molar-refractivity contribution in [2.45, 2.75) is 25.0 Å². The van der Waals surface area contributed by atoms with E-state index in [4.69, 9.17) is 4.74 Å². The van der Waals surface area contributed by atoms with Crippen LogP contribution < -0.4 is 0 Å². The minimum atomic E-state index is -0.0771. The predicted molar refractivity (Wildman–Crippen MR) is 66.6 cm³/mol. The van der Waals surface area contributed by atoms with Crippen LogP contribution >= 0.6 is 23.1 Å². The maximum Gasteiger partial charge on any atom is 0.306 e. The molecule has 0 amide bonds. The molecule has 0 unspecified atom stereocenters. The molecule has 1 heterocycles. The van der Waals surface area contributed by atoms with Gasteiger partial charge >= 0.3 is 5.97 Å². The van der Waals surface area contributed by atoms with Crippen molar-refractivity contribution in [2.24, 2.45) is 5.41 Å². The summed E-state index contributed by atoms with van der Waals surface area (Å²) in [6.45, 7) is 0. The van der Waals surface area contributed by atoms with Gasteiger partial charge in [-0.15, -0.1) is 11.3 Å². The Kier molecular flexibility index (Phi) is 3.86. The van der Waals surface area contributed by atoms with E-state index in [1.54, 1.807) is 11.3 Å². The molecule has 0 bridgehead atoms. The average molecular weight is 257 g/mol. The van der Waals surface area contributed by atoms with Gasteiger partial charge < -0.3 is 4.74 Å². The number of nitrogens with zero attached hydrogens (tertiary/aromatic N) is 1. The molecule has 0 aliphatic heterocycles. The van der Waals surface area contributed by atoms with Gasteiger partial charge in [-0.2, -0.15) is 11.8 Å². The SMILES string of the molecule is COC(=O)CC1(CSCc2cscn2)CC1. The van der Waals surface area contributed by atoms with Crippen LogP contribution in [0.15, 0.2) is 10.9 Å². The van der Waals surface area contributed by atoms with Crippen molar-refractivity contribution >= 4 is 29.1 Å². The molecular weight excluding hydrogens is 242 g/mol. The van der Waals surface area contributed by atoms with Crippen LogP contribution in [0.3, 0.4) is 0 Å². The molecule has 0 aromatic carbocycles. The molecule has 1 saturated carbocycles. The third kappa shape index (κ3) is 3.22. The number of carbonyl (C=O) groups excluding carboxylic acids is 1. The van der Waals surface area contributed by atoms with Crippen molar-refractivity contribution in [2.75, 3.05) is 12.9 Å². The number of carbonyl (C=O) groups is 1. The molecule has 5 heteroatoms. The van der Waals surface area contributed by atoms with Crippen molar-refractivity contribution in [1.29, 1.82) is 0 Å². The summed E-state index contributed by atoms with van der Waals surface area (Å²) in [5.74, 6) is 1.92. The van der Waals surface area contributed by atoms with E-state index in [-0.39, 0.29) is 11.4 Å². The molecule has 1 aromatic heterocycles. The van der Waals surface area contributed by atoms with Crippen LogP contribution in [0, 0.1) is 5.41 Å². The van der Waals surface area contributed by atoms with E-state index in [2.05, 4.69) is 10.4 Å². The first-order valence-corrected chi connectivity index (χ1v) is 7.35. The predicted octanol–water partition coefficient (Wildman–Crippen LogP) is 2.72. The van der Waals surface area contributed by atoms with Crippen molar-refractivity contribution in [3.63, 3.8) is 0 Å². The number of thiazole rings is 1. The van der Waals surface area contributed by atoms with E-state index in [9.17, 15) is 4.79 Å². The fraction of sp³-hybridized carbons (Fsp3) is 0.636. The highest BCUT2D eigenvalue weighted by molar-refractivity contribution is 7.98. The van der Waals surface area contributed by atoms with E-state index in [1.807, 2.05) is 17.3 Å².